The lowest BCUT2D eigenvalue weighted by Crippen LogP contribution is -2.29. The molecule has 1 heterocycles. The Balaban J connectivity index is 1.85. The molecule has 112 valence electrons. The second-order valence-electron chi connectivity index (χ2n) is 6.06. The summed E-state index contributed by atoms with van der Waals surface area (Å²) in [6.45, 7) is 5.93. The standard InChI is InChI=1S/C17H27FN2/c1-14-4-3-11-20(12-9-14)13-10-17(19-2)15-5-7-16(18)8-6-15/h5-8,14,17,19H,3-4,9-13H2,1-2H3. The van der Waals surface area contributed by atoms with Gasteiger partial charge in [0.1, 0.15) is 5.82 Å². The van der Waals surface area contributed by atoms with Gasteiger partial charge in [-0.15, -0.1) is 0 Å². The summed E-state index contributed by atoms with van der Waals surface area (Å²) in [6, 6.07) is 7.19. The van der Waals surface area contributed by atoms with E-state index in [1.807, 2.05) is 19.2 Å². The molecule has 3 heteroatoms. The van der Waals surface area contributed by atoms with Crippen LogP contribution in [0.4, 0.5) is 4.39 Å². The molecule has 0 saturated carbocycles. The lowest BCUT2D eigenvalue weighted by Gasteiger charge is -2.24. The highest BCUT2D eigenvalue weighted by atomic mass is 19.1. The molecule has 2 atom stereocenters. The van der Waals surface area contributed by atoms with E-state index in [9.17, 15) is 4.39 Å². The highest BCUT2D eigenvalue weighted by molar-refractivity contribution is 5.19. The minimum atomic E-state index is -0.162. The van der Waals surface area contributed by atoms with Gasteiger partial charge < -0.3 is 10.2 Å². The Labute approximate surface area is 122 Å². The van der Waals surface area contributed by atoms with E-state index in [1.165, 1.54) is 37.9 Å². The van der Waals surface area contributed by atoms with Gasteiger partial charge in [0.2, 0.25) is 0 Å². The van der Waals surface area contributed by atoms with Crippen molar-refractivity contribution in [1.29, 1.82) is 0 Å². The van der Waals surface area contributed by atoms with Gasteiger partial charge in [0.25, 0.3) is 0 Å². The van der Waals surface area contributed by atoms with Gasteiger partial charge in [-0.1, -0.05) is 19.1 Å². The molecular formula is C17H27FN2. The normalized spacial score (nSPS) is 22.4. The SMILES string of the molecule is CNC(CCN1CCCC(C)CC1)c1ccc(F)cc1. The molecule has 2 unspecified atom stereocenters. The first-order valence-corrected chi connectivity index (χ1v) is 7.84. The number of halogens is 1. The summed E-state index contributed by atoms with van der Waals surface area (Å²) in [5, 5.41) is 3.35. The first kappa shape index (κ1) is 15.5. The third-order valence-electron chi connectivity index (χ3n) is 4.46. The van der Waals surface area contributed by atoms with Crippen LogP contribution in [0.1, 0.15) is 44.2 Å². The maximum absolute atomic E-state index is 13.0. The van der Waals surface area contributed by atoms with Crippen LogP contribution >= 0.6 is 0 Å². The molecule has 1 aliphatic rings. The summed E-state index contributed by atoms with van der Waals surface area (Å²) < 4.78 is 13.0. The van der Waals surface area contributed by atoms with E-state index in [0.717, 1.165) is 18.9 Å². The van der Waals surface area contributed by atoms with Crippen LogP contribution in [0, 0.1) is 11.7 Å². The van der Waals surface area contributed by atoms with Crippen molar-refractivity contribution in [2.75, 3.05) is 26.7 Å². The predicted octanol–water partition coefficient (Wildman–Crippen LogP) is 3.60. The summed E-state index contributed by atoms with van der Waals surface area (Å²) in [4.78, 5) is 2.58. The molecule has 0 bridgehead atoms. The fourth-order valence-corrected chi connectivity index (χ4v) is 3.03. The fraction of sp³-hybridized carbons (Fsp3) is 0.647. The van der Waals surface area contributed by atoms with Crippen LogP contribution in [0.3, 0.4) is 0 Å². The molecule has 2 nitrogen and oxygen atoms in total. The van der Waals surface area contributed by atoms with Crippen LogP contribution in [0.15, 0.2) is 24.3 Å². The average molecular weight is 278 g/mol. The molecule has 0 aromatic heterocycles. The average Bonchev–Trinajstić information content (AvgIpc) is 2.66. The van der Waals surface area contributed by atoms with Gasteiger partial charge in [-0.3, -0.25) is 0 Å². The second kappa shape index (κ2) is 7.75. The van der Waals surface area contributed by atoms with E-state index < -0.39 is 0 Å². The summed E-state index contributed by atoms with van der Waals surface area (Å²) in [7, 11) is 1.98. The Morgan fingerprint density at radius 2 is 2.00 bits per heavy atom. The summed E-state index contributed by atoms with van der Waals surface area (Å²) in [5.74, 6) is 0.710. The minimum Gasteiger partial charge on any atom is -0.313 e. The van der Waals surface area contributed by atoms with Gasteiger partial charge in [-0.05, 0) is 76.0 Å². The molecule has 1 fully saturated rings. The Bertz CT molecular complexity index is 390. The van der Waals surface area contributed by atoms with Crippen LogP contribution in [0.25, 0.3) is 0 Å². The molecule has 20 heavy (non-hydrogen) atoms. The van der Waals surface area contributed by atoms with Gasteiger partial charge in [-0.2, -0.15) is 0 Å². The zero-order chi connectivity index (χ0) is 14.4. The zero-order valence-corrected chi connectivity index (χ0v) is 12.7. The van der Waals surface area contributed by atoms with Gasteiger partial charge in [-0.25, -0.2) is 4.39 Å². The topological polar surface area (TPSA) is 15.3 Å². The van der Waals surface area contributed by atoms with Gasteiger partial charge in [0, 0.05) is 6.04 Å². The number of nitrogens with one attached hydrogen (secondary N) is 1. The lowest BCUT2D eigenvalue weighted by molar-refractivity contribution is 0.265. The van der Waals surface area contributed by atoms with Crippen LogP contribution in [0.2, 0.25) is 0 Å². The number of likely N-dealkylation sites (tertiary alicyclic amines) is 1. The van der Waals surface area contributed by atoms with Gasteiger partial charge >= 0.3 is 0 Å². The van der Waals surface area contributed by atoms with Crippen LogP contribution in [-0.2, 0) is 0 Å². The Morgan fingerprint density at radius 1 is 1.25 bits per heavy atom. The number of hydrogen-bond acceptors (Lipinski definition) is 2. The van der Waals surface area contributed by atoms with Crippen molar-refractivity contribution >= 4 is 0 Å². The molecule has 0 spiro atoms. The minimum absolute atomic E-state index is 0.162. The van der Waals surface area contributed by atoms with E-state index in [2.05, 4.69) is 17.1 Å². The number of hydrogen-bond donors (Lipinski definition) is 1. The third-order valence-corrected chi connectivity index (χ3v) is 4.46. The van der Waals surface area contributed by atoms with Crippen molar-refractivity contribution in [2.24, 2.45) is 5.92 Å². The van der Waals surface area contributed by atoms with E-state index in [0.29, 0.717) is 6.04 Å². The largest absolute Gasteiger partial charge is 0.313 e. The first-order valence-electron chi connectivity index (χ1n) is 7.84. The highest BCUT2D eigenvalue weighted by Crippen LogP contribution is 2.20. The van der Waals surface area contributed by atoms with E-state index in [-0.39, 0.29) is 5.82 Å². The highest BCUT2D eigenvalue weighted by Gasteiger charge is 2.16. The summed E-state index contributed by atoms with van der Waals surface area (Å²) in [6.07, 6.45) is 5.09. The van der Waals surface area contributed by atoms with Crippen LogP contribution < -0.4 is 5.32 Å². The molecule has 1 N–H and O–H groups in total. The van der Waals surface area contributed by atoms with E-state index >= 15 is 0 Å². The quantitative estimate of drug-likeness (QED) is 0.885. The van der Waals surface area contributed by atoms with Crippen molar-refractivity contribution in [2.45, 2.75) is 38.6 Å². The van der Waals surface area contributed by atoms with Crippen LogP contribution in [-0.4, -0.2) is 31.6 Å². The molecule has 0 radical (unpaired) electrons. The molecular weight excluding hydrogens is 251 g/mol. The molecule has 1 aliphatic heterocycles. The molecule has 1 saturated heterocycles. The molecule has 1 aromatic carbocycles. The van der Waals surface area contributed by atoms with Crippen molar-refractivity contribution < 1.29 is 4.39 Å². The fourth-order valence-electron chi connectivity index (χ4n) is 3.03. The van der Waals surface area contributed by atoms with Crippen molar-refractivity contribution in [1.82, 2.24) is 10.2 Å². The molecule has 1 aromatic rings. The number of rotatable bonds is 5. The van der Waals surface area contributed by atoms with Crippen molar-refractivity contribution in [3.8, 4) is 0 Å². The van der Waals surface area contributed by atoms with Gasteiger partial charge in [0.05, 0.1) is 0 Å². The second-order valence-corrected chi connectivity index (χ2v) is 6.06. The number of benzene rings is 1. The summed E-state index contributed by atoms with van der Waals surface area (Å²) >= 11 is 0. The summed E-state index contributed by atoms with van der Waals surface area (Å²) in [5.41, 5.74) is 1.18. The lowest BCUT2D eigenvalue weighted by atomic mass is 10.0. The molecule has 2 rings (SSSR count). The first-order chi connectivity index (χ1) is 9.69. The smallest absolute Gasteiger partial charge is 0.123 e. The zero-order valence-electron chi connectivity index (χ0n) is 12.7. The molecule has 0 amide bonds. The molecule has 0 aliphatic carbocycles. The Hall–Kier alpha value is -0.930. The van der Waals surface area contributed by atoms with Crippen molar-refractivity contribution in [3.63, 3.8) is 0 Å². The third kappa shape index (κ3) is 4.57. The van der Waals surface area contributed by atoms with E-state index in [1.54, 1.807) is 12.1 Å². The number of nitrogens with zero attached hydrogens (tertiary/aromatic N) is 1. The van der Waals surface area contributed by atoms with Gasteiger partial charge in [0.15, 0.2) is 0 Å². The maximum atomic E-state index is 13.0. The Kier molecular flexibility index (Phi) is 5.99. The van der Waals surface area contributed by atoms with Crippen molar-refractivity contribution in [3.05, 3.63) is 35.6 Å². The van der Waals surface area contributed by atoms with E-state index in [4.69, 9.17) is 0 Å². The maximum Gasteiger partial charge on any atom is 0.123 e. The van der Waals surface area contributed by atoms with Crippen LogP contribution in [0.5, 0.6) is 0 Å². The predicted molar refractivity (Wildman–Crippen MR) is 82.3 cm³/mol. The Morgan fingerprint density at radius 3 is 2.70 bits per heavy atom. The monoisotopic (exact) mass is 278 g/mol.